The quantitative estimate of drug-likeness (QED) is 0.219. The van der Waals surface area contributed by atoms with E-state index >= 15 is 0 Å². The van der Waals surface area contributed by atoms with Gasteiger partial charge in [0.1, 0.15) is 0 Å². The van der Waals surface area contributed by atoms with E-state index in [1.807, 2.05) is 4.90 Å². The number of aliphatic hydroxyl groups is 2. The molecule has 0 radical (unpaired) electrons. The van der Waals surface area contributed by atoms with Crippen LogP contribution >= 0.6 is 0 Å². The van der Waals surface area contributed by atoms with Crippen LogP contribution in [0, 0.1) is 5.92 Å². The first-order valence-corrected chi connectivity index (χ1v) is 10.4. The van der Waals surface area contributed by atoms with Crippen molar-refractivity contribution in [2.24, 2.45) is 5.92 Å². The van der Waals surface area contributed by atoms with Gasteiger partial charge in [-0.25, -0.2) is 0 Å². The molecule has 180 valence electrons. The molecule has 0 spiro atoms. The average molecular weight is 488 g/mol. The minimum atomic E-state index is -1.24. The molecule has 1 aliphatic heterocycles. The van der Waals surface area contributed by atoms with Gasteiger partial charge in [0.2, 0.25) is 0 Å². The molecule has 1 rings (SSSR count). The Kier molecular flexibility index (Phi) is 16.6. The number of hydrogen-bond donors (Lipinski definition) is 4. The summed E-state index contributed by atoms with van der Waals surface area (Å²) in [6.07, 6.45) is 0. The van der Waals surface area contributed by atoms with E-state index in [2.05, 4.69) is 0 Å². The van der Waals surface area contributed by atoms with Crippen LogP contribution in [0.4, 0.5) is 0 Å². The fourth-order valence-corrected chi connectivity index (χ4v) is 3.70. The van der Waals surface area contributed by atoms with E-state index in [1.165, 1.54) is 0 Å². The summed E-state index contributed by atoms with van der Waals surface area (Å²) in [6, 6.07) is -0.368. The van der Waals surface area contributed by atoms with Crippen molar-refractivity contribution in [2.45, 2.75) is 13.0 Å². The summed E-state index contributed by atoms with van der Waals surface area (Å²) in [7, 11) is 0. The molecule has 1 saturated heterocycles. The number of carboxylic acids is 3. The Labute approximate surface area is 218 Å². The third-order valence-electron chi connectivity index (χ3n) is 5.54. The van der Waals surface area contributed by atoms with Crippen molar-refractivity contribution in [3.63, 3.8) is 0 Å². The van der Waals surface area contributed by atoms with Gasteiger partial charge < -0.3 is 30.3 Å². The minimum Gasteiger partial charge on any atom is -0.549 e. The van der Waals surface area contributed by atoms with Crippen molar-refractivity contribution in [2.75, 3.05) is 85.2 Å². The molecule has 0 saturated carbocycles. The summed E-state index contributed by atoms with van der Waals surface area (Å²) in [5.41, 5.74) is 0. The predicted octanol–water partition coefficient (Wildman–Crippen LogP) is -4.26. The molecule has 0 bridgehead atoms. The number of carbonyl (C=O) groups excluding carboxylic acids is 1. The largest absolute Gasteiger partial charge is 2.00 e. The average Bonchev–Trinajstić information content (AvgIpc) is 2.68. The zero-order chi connectivity index (χ0) is 23.4. The second-order valence-electron chi connectivity index (χ2n) is 7.93. The monoisotopic (exact) mass is 487 g/mol. The van der Waals surface area contributed by atoms with Crippen LogP contribution in [0.2, 0.25) is 0 Å². The molecule has 0 aromatic carbocycles. The summed E-state index contributed by atoms with van der Waals surface area (Å²) in [4.78, 5) is 40.6. The molecule has 0 amide bonds. The Morgan fingerprint density at radius 3 is 1.44 bits per heavy atom. The molecule has 1 heterocycles. The number of hydrogen-bond acceptors (Lipinski definition) is 10. The van der Waals surface area contributed by atoms with E-state index < -0.39 is 17.9 Å². The van der Waals surface area contributed by atoms with Crippen molar-refractivity contribution >= 4 is 55.6 Å². The third kappa shape index (κ3) is 12.6. The molecule has 4 N–H and O–H groups in total. The van der Waals surface area contributed by atoms with Crippen LogP contribution in [0.15, 0.2) is 0 Å². The van der Waals surface area contributed by atoms with Crippen molar-refractivity contribution < 1.29 is 39.9 Å². The van der Waals surface area contributed by atoms with Crippen molar-refractivity contribution in [1.82, 2.24) is 19.6 Å². The zero-order valence-corrected chi connectivity index (χ0v) is 21.0. The maximum Gasteiger partial charge on any atom is 2.00 e. The molecule has 0 aromatic rings. The summed E-state index contributed by atoms with van der Waals surface area (Å²) < 4.78 is 0. The van der Waals surface area contributed by atoms with Gasteiger partial charge in [-0.15, -0.1) is 0 Å². The van der Waals surface area contributed by atoms with Gasteiger partial charge in [-0.3, -0.25) is 29.2 Å². The number of nitrogens with zero attached hydrogens (tertiary/aromatic N) is 4. The van der Waals surface area contributed by atoms with E-state index in [1.54, 1.807) is 21.6 Å². The van der Waals surface area contributed by atoms with Crippen LogP contribution in [0.3, 0.4) is 0 Å². The smallest absolute Gasteiger partial charge is 0.549 e. The number of aliphatic carboxylic acids is 3. The molecule has 2 atom stereocenters. The fraction of sp³-hybridized carbons (Fsp3) is 0.842. The second-order valence-corrected chi connectivity index (χ2v) is 7.93. The van der Waals surface area contributed by atoms with Gasteiger partial charge in [-0.05, 0) is 5.92 Å². The van der Waals surface area contributed by atoms with E-state index in [0.29, 0.717) is 52.4 Å². The van der Waals surface area contributed by atoms with E-state index in [9.17, 15) is 34.8 Å². The summed E-state index contributed by atoms with van der Waals surface area (Å²) in [5, 5.41) is 49.0. The van der Waals surface area contributed by atoms with Crippen molar-refractivity contribution in [1.29, 1.82) is 0 Å². The van der Waals surface area contributed by atoms with Crippen LogP contribution in [-0.4, -0.2) is 187 Å². The third-order valence-corrected chi connectivity index (χ3v) is 5.54. The SMILES string of the molecule is C[C@H](CO)[C@@H](CO)N1CCN(CC(=O)[O-])CCN(CC(=O)O)CCN(CC(=O)O)CC1.[Ca+2]. The van der Waals surface area contributed by atoms with Crippen LogP contribution in [-0.2, 0) is 14.4 Å². The summed E-state index contributed by atoms with van der Waals surface area (Å²) >= 11 is 0. The second kappa shape index (κ2) is 17.0. The van der Waals surface area contributed by atoms with Gasteiger partial charge in [0.15, 0.2) is 0 Å². The van der Waals surface area contributed by atoms with E-state index in [4.69, 9.17) is 5.11 Å². The van der Waals surface area contributed by atoms with Crippen molar-refractivity contribution in [3.05, 3.63) is 0 Å². The number of aliphatic hydroxyl groups excluding tert-OH is 2. The Morgan fingerprint density at radius 1 is 0.750 bits per heavy atom. The molecule has 1 fully saturated rings. The molecule has 0 unspecified atom stereocenters. The Bertz CT molecular complexity index is 554. The molecule has 12 nitrogen and oxygen atoms in total. The fourth-order valence-electron chi connectivity index (χ4n) is 3.70. The maximum absolute atomic E-state index is 11.3. The topological polar surface area (TPSA) is 168 Å². The van der Waals surface area contributed by atoms with Gasteiger partial charge in [0.05, 0.1) is 25.7 Å². The van der Waals surface area contributed by atoms with Crippen LogP contribution in [0.25, 0.3) is 0 Å². The zero-order valence-electron chi connectivity index (χ0n) is 18.8. The molecule has 0 aromatic heterocycles. The van der Waals surface area contributed by atoms with Crippen LogP contribution in [0.1, 0.15) is 6.92 Å². The first-order valence-electron chi connectivity index (χ1n) is 10.4. The van der Waals surface area contributed by atoms with Gasteiger partial charge in [-0.2, -0.15) is 0 Å². The maximum atomic E-state index is 11.3. The normalized spacial score (nSPS) is 20.3. The molecule has 13 heteroatoms. The number of carbonyl (C=O) groups is 3. The summed E-state index contributed by atoms with van der Waals surface area (Å²) in [5.74, 6) is -3.48. The van der Waals surface area contributed by atoms with Gasteiger partial charge in [-0.1, -0.05) is 6.92 Å². The van der Waals surface area contributed by atoms with Crippen molar-refractivity contribution in [3.8, 4) is 0 Å². The first-order chi connectivity index (χ1) is 14.7. The summed E-state index contributed by atoms with van der Waals surface area (Å²) in [6.45, 7) is 3.47. The van der Waals surface area contributed by atoms with Crippen LogP contribution in [0.5, 0.6) is 0 Å². The molecule has 32 heavy (non-hydrogen) atoms. The molecular weight excluding hydrogens is 452 g/mol. The van der Waals surface area contributed by atoms with Crippen LogP contribution < -0.4 is 5.11 Å². The Balaban J connectivity index is 0.00000961. The number of carboxylic acid groups (broad SMARTS) is 3. The molecular formula is C19H35CaN4O8+. The first kappa shape index (κ1) is 31.4. The van der Waals surface area contributed by atoms with E-state index in [-0.39, 0.29) is 82.5 Å². The standard InChI is InChI=1S/C19H36N4O8.Ca/c1-15(13-24)16(14-25)23-8-6-21(11-18(28)29)4-2-20(10-17(26)27)3-5-22(7-9-23)12-19(30)31;/h15-16,24-25H,2-14H2,1H3,(H,26,27)(H,28,29)(H,30,31);/q;+2/p-1/t15-,16-;/m1./s1. The van der Waals surface area contributed by atoms with E-state index in [0.717, 1.165) is 0 Å². The minimum absolute atomic E-state index is 0. The molecule has 1 aliphatic rings. The number of rotatable bonds is 10. The molecule has 0 aliphatic carbocycles. The van der Waals surface area contributed by atoms with Gasteiger partial charge >= 0.3 is 49.7 Å². The predicted molar refractivity (Wildman–Crippen MR) is 114 cm³/mol. The Morgan fingerprint density at radius 2 is 1.12 bits per heavy atom. The van der Waals surface area contributed by atoms with Gasteiger partial charge in [0, 0.05) is 71.6 Å². The van der Waals surface area contributed by atoms with Gasteiger partial charge in [0.25, 0.3) is 0 Å². The Hall–Kier alpha value is -0.570.